The van der Waals surface area contributed by atoms with Crippen molar-refractivity contribution in [3.8, 4) is 0 Å². The lowest BCUT2D eigenvalue weighted by atomic mass is 10.1. The van der Waals surface area contributed by atoms with Crippen LogP contribution in [-0.4, -0.2) is 18.1 Å². The molecule has 21 heavy (non-hydrogen) atoms. The number of hydrogen-bond donors (Lipinski definition) is 1. The molecule has 1 aromatic heterocycles. The SMILES string of the molecule is CC(N)Cc1ccc(N(C)C(C)c2cccc(Cl)c2)nc1. The largest absolute Gasteiger partial charge is 0.353 e. The molecule has 0 aliphatic rings. The van der Waals surface area contributed by atoms with Gasteiger partial charge in [0.05, 0.1) is 6.04 Å². The molecule has 1 aromatic carbocycles. The summed E-state index contributed by atoms with van der Waals surface area (Å²) in [7, 11) is 2.04. The van der Waals surface area contributed by atoms with Crippen LogP contribution in [0.25, 0.3) is 0 Å². The van der Waals surface area contributed by atoms with Gasteiger partial charge in [0.15, 0.2) is 0 Å². The summed E-state index contributed by atoms with van der Waals surface area (Å²) in [6.07, 6.45) is 2.75. The second kappa shape index (κ2) is 6.92. The summed E-state index contributed by atoms with van der Waals surface area (Å²) in [5.41, 5.74) is 8.15. The molecule has 2 N–H and O–H groups in total. The van der Waals surface area contributed by atoms with Crippen molar-refractivity contribution in [3.63, 3.8) is 0 Å². The molecule has 2 rings (SSSR count). The van der Waals surface area contributed by atoms with E-state index in [4.69, 9.17) is 17.3 Å². The maximum Gasteiger partial charge on any atom is 0.128 e. The first-order chi connectivity index (χ1) is 9.97. The number of anilines is 1. The normalized spacial score (nSPS) is 13.8. The lowest BCUT2D eigenvalue weighted by Gasteiger charge is -2.26. The molecule has 2 aromatic rings. The molecular weight excluding hydrogens is 282 g/mol. The zero-order chi connectivity index (χ0) is 15.4. The smallest absolute Gasteiger partial charge is 0.128 e. The average molecular weight is 304 g/mol. The van der Waals surface area contributed by atoms with Crippen molar-refractivity contribution in [2.45, 2.75) is 32.4 Å². The molecule has 2 atom stereocenters. The molecule has 0 spiro atoms. The quantitative estimate of drug-likeness (QED) is 0.913. The first-order valence-corrected chi connectivity index (χ1v) is 7.54. The predicted molar refractivity (Wildman–Crippen MR) is 89.9 cm³/mol. The van der Waals surface area contributed by atoms with E-state index in [9.17, 15) is 0 Å². The highest BCUT2D eigenvalue weighted by Gasteiger charge is 2.13. The average Bonchev–Trinajstić information content (AvgIpc) is 2.46. The Bertz CT molecular complexity index is 581. The van der Waals surface area contributed by atoms with E-state index in [-0.39, 0.29) is 12.1 Å². The van der Waals surface area contributed by atoms with Crippen LogP contribution < -0.4 is 10.6 Å². The van der Waals surface area contributed by atoms with Crippen LogP contribution in [0.3, 0.4) is 0 Å². The van der Waals surface area contributed by atoms with Crippen LogP contribution in [0.4, 0.5) is 5.82 Å². The second-order valence-corrected chi connectivity index (χ2v) is 5.98. The highest BCUT2D eigenvalue weighted by Crippen LogP contribution is 2.25. The number of aromatic nitrogens is 1. The Balaban J connectivity index is 2.13. The van der Waals surface area contributed by atoms with E-state index < -0.39 is 0 Å². The summed E-state index contributed by atoms with van der Waals surface area (Å²) in [6, 6.07) is 12.4. The number of rotatable bonds is 5. The fourth-order valence-corrected chi connectivity index (χ4v) is 2.51. The van der Waals surface area contributed by atoms with Gasteiger partial charge in [0.25, 0.3) is 0 Å². The van der Waals surface area contributed by atoms with Crippen molar-refractivity contribution < 1.29 is 0 Å². The fourth-order valence-electron chi connectivity index (χ4n) is 2.31. The van der Waals surface area contributed by atoms with E-state index in [1.165, 1.54) is 5.56 Å². The molecule has 3 nitrogen and oxygen atoms in total. The monoisotopic (exact) mass is 303 g/mol. The van der Waals surface area contributed by atoms with Gasteiger partial charge in [-0.15, -0.1) is 0 Å². The van der Waals surface area contributed by atoms with Crippen molar-refractivity contribution in [1.82, 2.24) is 4.98 Å². The van der Waals surface area contributed by atoms with Gasteiger partial charge in [-0.2, -0.15) is 0 Å². The van der Waals surface area contributed by atoms with E-state index in [2.05, 4.69) is 28.9 Å². The van der Waals surface area contributed by atoms with Crippen LogP contribution in [0.15, 0.2) is 42.6 Å². The Hall–Kier alpha value is -1.58. The molecule has 0 saturated heterocycles. The zero-order valence-electron chi connectivity index (χ0n) is 12.8. The van der Waals surface area contributed by atoms with Crippen molar-refractivity contribution >= 4 is 17.4 Å². The van der Waals surface area contributed by atoms with Crippen molar-refractivity contribution in [2.75, 3.05) is 11.9 Å². The van der Waals surface area contributed by atoms with Crippen LogP contribution in [0, 0.1) is 0 Å². The van der Waals surface area contributed by atoms with E-state index in [0.29, 0.717) is 0 Å². The Morgan fingerprint density at radius 2 is 2.00 bits per heavy atom. The van der Waals surface area contributed by atoms with Gasteiger partial charge < -0.3 is 10.6 Å². The number of halogens is 1. The molecule has 0 radical (unpaired) electrons. The maximum absolute atomic E-state index is 6.06. The number of pyridine rings is 1. The van der Waals surface area contributed by atoms with Gasteiger partial charge in [0.1, 0.15) is 5.82 Å². The number of hydrogen-bond acceptors (Lipinski definition) is 3. The molecular formula is C17H22ClN3. The Morgan fingerprint density at radius 1 is 1.24 bits per heavy atom. The lowest BCUT2D eigenvalue weighted by molar-refractivity contribution is 0.720. The minimum absolute atomic E-state index is 0.153. The number of benzene rings is 1. The molecule has 0 aliphatic carbocycles. The molecule has 0 fully saturated rings. The highest BCUT2D eigenvalue weighted by atomic mass is 35.5. The lowest BCUT2D eigenvalue weighted by Crippen LogP contribution is -2.23. The van der Waals surface area contributed by atoms with E-state index in [1.54, 1.807) is 0 Å². The summed E-state index contributed by atoms with van der Waals surface area (Å²) < 4.78 is 0. The van der Waals surface area contributed by atoms with Gasteiger partial charge in [0.2, 0.25) is 0 Å². The highest BCUT2D eigenvalue weighted by molar-refractivity contribution is 6.30. The molecule has 0 aliphatic heterocycles. The van der Waals surface area contributed by atoms with E-state index in [0.717, 1.165) is 22.8 Å². The minimum Gasteiger partial charge on any atom is -0.353 e. The van der Waals surface area contributed by atoms with E-state index in [1.807, 2.05) is 44.4 Å². The van der Waals surface area contributed by atoms with Crippen LogP contribution in [0.2, 0.25) is 5.02 Å². The zero-order valence-corrected chi connectivity index (χ0v) is 13.5. The number of nitrogens with zero attached hydrogens (tertiary/aromatic N) is 2. The summed E-state index contributed by atoms with van der Waals surface area (Å²) in [4.78, 5) is 6.68. The molecule has 0 saturated carbocycles. The maximum atomic E-state index is 6.06. The Morgan fingerprint density at radius 3 is 2.57 bits per heavy atom. The second-order valence-electron chi connectivity index (χ2n) is 5.55. The Kier molecular flexibility index (Phi) is 5.21. The fraction of sp³-hybridized carbons (Fsp3) is 0.353. The van der Waals surface area contributed by atoms with Gasteiger partial charge in [-0.3, -0.25) is 0 Å². The summed E-state index contributed by atoms with van der Waals surface area (Å²) in [6.45, 7) is 4.14. The van der Waals surface area contributed by atoms with Gasteiger partial charge in [-0.25, -0.2) is 4.98 Å². The van der Waals surface area contributed by atoms with Gasteiger partial charge in [-0.05, 0) is 49.6 Å². The topological polar surface area (TPSA) is 42.1 Å². The summed E-state index contributed by atoms with van der Waals surface area (Å²) in [5.74, 6) is 0.941. The minimum atomic E-state index is 0.153. The van der Waals surface area contributed by atoms with Crippen LogP contribution >= 0.6 is 11.6 Å². The standard InChI is InChI=1S/C17H22ClN3/c1-12(19)9-14-7-8-17(20-11-14)21(3)13(2)15-5-4-6-16(18)10-15/h4-8,10-13H,9,19H2,1-3H3. The Labute approximate surface area is 131 Å². The van der Waals surface area contributed by atoms with Gasteiger partial charge >= 0.3 is 0 Å². The van der Waals surface area contributed by atoms with Crippen LogP contribution in [0.1, 0.15) is 31.0 Å². The molecule has 0 amide bonds. The molecule has 0 bridgehead atoms. The molecule has 4 heteroatoms. The van der Waals surface area contributed by atoms with Crippen LogP contribution in [-0.2, 0) is 6.42 Å². The molecule has 2 unspecified atom stereocenters. The predicted octanol–water partition coefficient (Wildman–Crippen LogP) is 3.82. The van der Waals surface area contributed by atoms with Gasteiger partial charge in [-0.1, -0.05) is 29.8 Å². The number of nitrogens with two attached hydrogens (primary N) is 1. The molecule has 1 heterocycles. The van der Waals surface area contributed by atoms with E-state index >= 15 is 0 Å². The van der Waals surface area contributed by atoms with Crippen molar-refractivity contribution in [1.29, 1.82) is 0 Å². The summed E-state index contributed by atoms with van der Waals surface area (Å²) in [5, 5.41) is 0.757. The third-order valence-corrected chi connectivity index (χ3v) is 3.88. The summed E-state index contributed by atoms with van der Waals surface area (Å²) >= 11 is 6.06. The van der Waals surface area contributed by atoms with Crippen molar-refractivity contribution in [2.24, 2.45) is 5.73 Å². The van der Waals surface area contributed by atoms with Gasteiger partial charge in [0, 0.05) is 24.3 Å². The molecule has 112 valence electrons. The third-order valence-electron chi connectivity index (χ3n) is 3.64. The van der Waals surface area contributed by atoms with Crippen molar-refractivity contribution in [3.05, 3.63) is 58.7 Å². The third kappa shape index (κ3) is 4.19. The van der Waals surface area contributed by atoms with Crippen LogP contribution in [0.5, 0.6) is 0 Å². The first-order valence-electron chi connectivity index (χ1n) is 7.16. The first kappa shape index (κ1) is 15.8.